The highest BCUT2D eigenvalue weighted by molar-refractivity contribution is 6.31. The van der Waals surface area contributed by atoms with Crippen molar-refractivity contribution in [3.63, 3.8) is 0 Å². The summed E-state index contributed by atoms with van der Waals surface area (Å²) in [5, 5.41) is 4.95. The topological polar surface area (TPSA) is 43.8 Å². The first kappa shape index (κ1) is 10.2. The second-order valence-electron chi connectivity index (χ2n) is 3.43. The molecule has 0 atom stereocenters. The highest BCUT2D eigenvalue weighted by Crippen LogP contribution is 2.19. The minimum atomic E-state index is 0.500. The maximum Gasteiger partial charge on any atom is 0.0660 e. The van der Waals surface area contributed by atoms with E-state index in [2.05, 4.69) is 5.10 Å². The standard InChI is InChI=1S/C11H12ClN3/c1-8-2-3-10(4-11(8)12)15-7-9(5-13)6-14-15/h2-4,6-7H,5,13H2,1H3. The van der Waals surface area contributed by atoms with Gasteiger partial charge in [0.05, 0.1) is 11.9 Å². The Balaban J connectivity index is 2.40. The number of rotatable bonds is 2. The highest BCUT2D eigenvalue weighted by Gasteiger charge is 2.01. The van der Waals surface area contributed by atoms with Crippen LogP contribution < -0.4 is 5.73 Å². The summed E-state index contributed by atoms with van der Waals surface area (Å²) in [6.45, 7) is 2.47. The summed E-state index contributed by atoms with van der Waals surface area (Å²) < 4.78 is 1.77. The monoisotopic (exact) mass is 221 g/mol. The lowest BCUT2D eigenvalue weighted by atomic mass is 10.2. The quantitative estimate of drug-likeness (QED) is 0.846. The van der Waals surface area contributed by atoms with Crippen LogP contribution in [0, 0.1) is 6.92 Å². The van der Waals surface area contributed by atoms with Crippen LogP contribution in [0.15, 0.2) is 30.6 Å². The fourth-order valence-corrected chi connectivity index (χ4v) is 1.51. The van der Waals surface area contributed by atoms with E-state index in [0.717, 1.165) is 21.8 Å². The van der Waals surface area contributed by atoms with Crippen LogP contribution in [0.25, 0.3) is 5.69 Å². The molecule has 0 amide bonds. The number of nitrogens with two attached hydrogens (primary N) is 1. The molecule has 0 aliphatic carbocycles. The molecule has 78 valence electrons. The van der Waals surface area contributed by atoms with Crippen molar-refractivity contribution in [1.82, 2.24) is 9.78 Å². The zero-order valence-corrected chi connectivity index (χ0v) is 9.20. The first-order chi connectivity index (χ1) is 7.20. The molecule has 2 N–H and O–H groups in total. The van der Waals surface area contributed by atoms with Gasteiger partial charge in [-0.2, -0.15) is 5.10 Å². The number of benzene rings is 1. The van der Waals surface area contributed by atoms with E-state index in [9.17, 15) is 0 Å². The van der Waals surface area contributed by atoms with Crippen molar-refractivity contribution in [1.29, 1.82) is 0 Å². The third kappa shape index (κ3) is 2.03. The molecule has 15 heavy (non-hydrogen) atoms. The molecule has 0 bridgehead atoms. The SMILES string of the molecule is Cc1ccc(-n2cc(CN)cn2)cc1Cl. The van der Waals surface area contributed by atoms with Crippen LogP contribution in [0.5, 0.6) is 0 Å². The Morgan fingerprint density at radius 1 is 1.47 bits per heavy atom. The van der Waals surface area contributed by atoms with Crippen LogP contribution in [-0.2, 0) is 6.54 Å². The zero-order valence-electron chi connectivity index (χ0n) is 8.44. The van der Waals surface area contributed by atoms with Gasteiger partial charge in [0.1, 0.15) is 0 Å². The van der Waals surface area contributed by atoms with Crippen LogP contribution in [-0.4, -0.2) is 9.78 Å². The van der Waals surface area contributed by atoms with Gasteiger partial charge in [0.15, 0.2) is 0 Å². The number of aryl methyl sites for hydroxylation is 1. The Morgan fingerprint density at radius 2 is 2.27 bits per heavy atom. The lowest BCUT2D eigenvalue weighted by molar-refractivity contribution is 0.879. The van der Waals surface area contributed by atoms with Crippen molar-refractivity contribution < 1.29 is 0 Å². The fourth-order valence-electron chi connectivity index (χ4n) is 1.33. The first-order valence-electron chi connectivity index (χ1n) is 4.71. The van der Waals surface area contributed by atoms with Gasteiger partial charge in [0.25, 0.3) is 0 Å². The summed E-state index contributed by atoms with van der Waals surface area (Å²) in [5.41, 5.74) is 8.53. The van der Waals surface area contributed by atoms with Crippen molar-refractivity contribution in [2.24, 2.45) is 5.73 Å². The molecule has 4 heteroatoms. The van der Waals surface area contributed by atoms with Crippen LogP contribution in [0.2, 0.25) is 5.02 Å². The molecule has 1 aromatic heterocycles. The summed E-state index contributed by atoms with van der Waals surface area (Å²) in [5.74, 6) is 0. The predicted octanol–water partition coefficient (Wildman–Crippen LogP) is 2.29. The summed E-state index contributed by atoms with van der Waals surface area (Å²) in [4.78, 5) is 0. The van der Waals surface area contributed by atoms with Crippen LogP contribution >= 0.6 is 11.6 Å². The van der Waals surface area contributed by atoms with Gasteiger partial charge in [-0.15, -0.1) is 0 Å². The van der Waals surface area contributed by atoms with Crippen molar-refractivity contribution in [2.75, 3.05) is 0 Å². The summed E-state index contributed by atoms with van der Waals surface area (Å²) in [6.07, 6.45) is 3.66. The van der Waals surface area contributed by atoms with Crippen LogP contribution in [0.4, 0.5) is 0 Å². The molecule has 0 aliphatic heterocycles. The second-order valence-corrected chi connectivity index (χ2v) is 3.84. The Bertz CT molecular complexity index is 476. The molecule has 2 rings (SSSR count). The molecule has 1 heterocycles. The average Bonchev–Trinajstić information content (AvgIpc) is 2.70. The van der Waals surface area contributed by atoms with Gasteiger partial charge in [-0.05, 0) is 24.6 Å². The Kier molecular flexibility index (Phi) is 2.75. The molecule has 0 unspecified atom stereocenters. The predicted molar refractivity (Wildman–Crippen MR) is 61.2 cm³/mol. The summed E-state index contributed by atoms with van der Waals surface area (Å²) in [7, 11) is 0. The number of halogens is 1. The van der Waals surface area contributed by atoms with Gasteiger partial charge in [-0.25, -0.2) is 4.68 Å². The Morgan fingerprint density at radius 3 is 2.87 bits per heavy atom. The fraction of sp³-hybridized carbons (Fsp3) is 0.182. The molecular formula is C11H12ClN3. The molecule has 0 radical (unpaired) electrons. The third-order valence-electron chi connectivity index (χ3n) is 2.29. The smallest absolute Gasteiger partial charge is 0.0660 e. The summed E-state index contributed by atoms with van der Waals surface area (Å²) >= 11 is 6.04. The maximum absolute atomic E-state index is 6.04. The average molecular weight is 222 g/mol. The molecule has 3 nitrogen and oxygen atoms in total. The van der Waals surface area contributed by atoms with E-state index in [1.807, 2.05) is 31.3 Å². The van der Waals surface area contributed by atoms with Gasteiger partial charge in [0.2, 0.25) is 0 Å². The number of hydrogen-bond donors (Lipinski definition) is 1. The van der Waals surface area contributed by atoms with Gasteiger partial charge in [-0.3, -0.25) is 0 Å². The number of nitrogens with zero attached hydrogens (tertiary/aromatic N) is 2. The van der Waals surface area contributed by atoms with Crippen molar-refractivity contribution in [3.05, 3.63) is 46.7 Å². The summed E-state index contributed by atoms with van der Waals surface area (Å²) in [6, 6.07) is 5.85. The first-order valence-corrected chi connectivity index (χ1v) is 5.08. The molecule has 2 aromatic rings. The van der Waals surface area contributed by atoms with E-state index in [-0.39, 0.29) is 0 Å². The Hall–Kier alpha value is -1.32. The molecule has 0 aliphatic rings. The van der Waals surface area contributed by atoms with Gasteiger partial charge in [-0.1, -0.05) is 17.7 Å². The van der Waals surface area contributed by atoms with Crippen LogP contribution in [0.3, 0.4) is 0 Å². The van der Waals surface area contributed by atoms with E-state index in [0.29, 0.717) is 6.54 Å². The molecular weight excluding hydrogens is 210 g/mol. The lowest BCUT2D eigenvalue weighted by Gasteiger charge is -2.03. The Labute approximate surface area is 93.5 Å². The van der Waals surface area contributed by atoms with Gasteiger partial charge in [0, 0.05) is 23.3 Å². The van der Waals surface area contributed by atoms with Gasteiger partial charge < -0.3 is 5.73 Å². The zero-order chi connectivity index (χ0) is 10.8. The lowest BCUT2D eigenvalue weighted by Crippen LogP contribution is -1.96. The number of aromatic nitrogens is 2. The second kappa shape index (κ2) is 4.04. The largest absolute Gasteiger partial charge is 0.326 e. The van der Waals surface area contributed by atoms with E-state index < -0.39 is 0 Å². The molecule has 1 aromatic carbocycles. The maximum atomic E-state index is 6.04. The van der Waals surface area contributed by atoms with Crippen molar-refractivity contribution >= 4 is 11.6 Å². The minimum Gasteiger partial charge on any atom is -0.326 e. The molecule has 0 saturated carbocycles. The normalized spacial score (nSPS) is 10.6. The van der Waals surface area contributed by atoms with Gasteiger partial charge >= 0.3 is 0 Å². The highest BCUT2D eigenvalue weighted by atomic mass is 35.5. The van der Waals surface area contributed by atoms with Crippen molar-refractivity contribution in [3.8, 4) is 5.69 Å². The van der Waals surface area contributed by atoms with E-state index >= 15 is 0 Å². The van der Waals surface area contributed by atoms with Crippen LogP contribution in [0.1, 0.15) is 11.1 Å². The molecule has 0 saturated heterocycles. The van der Waals surface area contributed by atoms with Crippen molar-refractivity contribution in [2.45, 2.75) is 13.5 Å². The van der Waals surface area contributed by atoms with E-state index in [4.69, 9.17) is 17.3 Å². The molecule has 0 fully saturated rings. The minimum absolute atomic E-state index is 0.500. The van der Waals surface area contributed by atoms with E-state index in [1.54, 1.807) is 10.9 Å². The molecule has 0 spiro atoms. The number of hydrogen-bond acceptors (Lipinski definition) is 2. The third-order valence-corrected chi connectivity index (χ3v) is 2.70. The van der Waals surface area contributed by atoms with E-state index in [1.165, 1.54) is 0 Å².